The van der Waals surface area contributed by atoms with Gasteiger partial charge in [-0.15, -0.1) is 0 Å². The zero-order valence-corrected chi connectivity index (χ0v) is 30.4. The second kappa shape index (κ2) is 17.1. The SMILES string of the molecule is C[C@@H]1CN([C@H](C)CO)C(=O)c2cc(NC(=O)Nc3cccc4ccccc34)ccc2O[C@@H](C)CCCCO[C@@H]1CN(C)S(=O)(=O)c1ccccc1. The Kier molecular flexibility index (Phi) is 12.7. The molecule has 0 aromatic heterocycles. The van der Waals surface area contributed by atoms with E-state index < -0.39 is 34.1 Å². The van der Waals surface area contributed by atoms with Gasteiger partial charge in [-0.1, -0.05) is 61.5 Å². The maximum Gasteiger partial charge on any atom is 0.323 e. The second-order valence-electron chi connectivity index (χ2n) is 13.2. The van der Waals surface area contributed by atoms with Crippen LogP contribution in [0.2, 0.25) is 0 Å². The van der Waals surface area contributed by atoms with Gasteiger partial charge < -0.3 is 30.1 Å². The number of amides is 3. The van der Waals surface area contributed by atoms with Crippen molar-refractivity contribution in [3.8, 4) is 5.75 Å². The van der Waals surface area contributed by atoms with Gasteiger partial charge in [-0.3, -0.25) is 4.79 Å². The Morgan fingerprint density at radius 2 is 1.71 bits per heavy atom. The van der Waals surface area contributed by atoms with Crippen molar-refractivity contribution >= 4 is 44.1 Å². The van der Waals surface area contributed by atoms with Crippen molar-refractivity contribution in [3.05, 3.63) is 96.6 Å². The molecule has 3 N–H and O–H groups in total. The maximum absolute atomic E-state index is 14.5. The van der Waals surface area contributed by atoms with Crippen LogP contribution in [0, 0.1) is 5.92 Å². The smallest absolute Gasteiger partial charge is 0.323 e. The molecule has 0 radical (unpaired) electrons. The Balaban J connectivity index is 1.42. The molecule has 0 aliphatic carbocycles. The van der Waals surface area contributed by atoms with E-state index in [1.165, 1.54) is 11.4 Å². The number of urea groups is 1. The zero-order chi connectivity index (χ0) is 36.5. The maximum atomic E-state index is 14.5. The van der Waals surface area contributed by atoms with E-state index >= 15 is 0 Å². The summed E-state index contributed by atoms with van der Waals surface area (Å²) in [7, 11) is -2.25. The van der Waals surface area contributed by atoms with Crippen LogP contribution in [0.3, 0.4) is 0 Å². The summed E-state index contributed by atoms with van der Waals surface area (Å²) in [6.07, 6.45) is 1.46. The summed E-state index contributed by atoms with van der Waals surface area (Å²) in [4.78, 5) is 29.4. The first-order chi connectivity index (χ1) is 24.5. The summed E-state index contributed by atoms with van der Waals surface area (Å²) in [5.41, 5.74) is 1.26. The van der Waals surface area contributed by atoms with Gasteiger partial charge >= 0.3 is 6.03 Å². The van der Waals surface area contributed by atoms with Crippen molar-refractivity contribution in [2.45, 2.75) is 63.2 Å². The Bertz CT molecular complexity index is 1900. The molecule has 11 nitrogen and oxygen atoms in total. The Labute approximate surface area is 300 Å². The topological polar surface area (TPSA) is 138 Å². The minimum absolute atomic E-state index is 0.0733. The number of aliphatic hydroxyl groups excluding tert-OH is 1. The number of benzene rings is 4. The standard InChI is InChI=1S/C39H48N4O7S/c1-27-24-43(28(2)26-44)38(45)34-23-31(40-39(46)41-35-19-12-15-30-14-8-9-18-33(30)35)20-21-36(34)50-29(3)13-10-11-22-49-37(27)25-42(4)51(47,48)32-16-6-5-7-17-32/h5-9,12,14-21,23,27-29,37,44H,10-11,13,22,24-26H2,1-4H3,(H2,40,41,46)/t27-,28-,29+,37-/m1/s1. The van der Waals surface area contributed by atoms with E-state index in [1.54, 1.807) is 60.4 Å². The van der Waals surface area contributed by atoms with E-state index in [-0.39, 0.29) is 42.2 Å². The fraction of sp³-hybridized carbons (Fsp3) is 0.385. The van der Waals surface area contributed by atoms with Crippen molar-refractivity contribution in [2.75, 3.05) is 44.0 Å². The third-order valence-electron chi connectivity index (χ3n) is 9.24. The Morgan fingerprint density at radius 3 is 2.47 bits per heavy atom. The van der Waals surface area contributed by atoms with Gasteiger partial charge in [0.05, 0.1) is 41.0 Å². The minimum Gasteiger partial charge on any atom is -0.490 e. The molecule has 1 aliphatic heterocycles. The number of rotatable bonds is 8. The van der Waals surface area contributed by atoms with Crippen LogP contribution in [0.4, 0.5) is 16.2 Å². The molecule has 12 heteroatoms. The van der Waals surface area contributed by atoms with Gasteiger partial charge in [-0.05, 0) is 74.9 Å². The minimum atomic E-state index is -3.78. The molecular weight excluding hydrogens is 669 g/mol. The summed E-state index contributed by atoms with van der Waals surface area (Å²) in [5.74, 6) is -0.353. The first kappa shape index (κ1) is 37.8. The number of ether oxygens (including phenoxy) is 2. The fourth-order valence-electron chi connectivity index (χ4n) is 6.21. The van der Waals surface area contributed by atoms with Crippen molar-refractivity contribution < 1.29 is 32.6 Å². The highest BCUT2D eigenvalue weighted by Crippen LogP contribution is 2.29. The predicted octanol–water partition coefficient (Wildman–Crippen LogP) is 6.60. The van der Waals surface area contributed by atoms with Crippen molar-refractivity contribution in [3.63, 3.8) is 0 Å². The van der Waals surface area contributed by atoms with E-state index in [4.69, 9.17) is 9.47 Å². The molecule has 51 heavy (non-hydrogen) atoms. The third kappa shape index (κ3) is 9.44. The lowest BCUT2D eigenvalue weighted by Crippen LogP contribution is -2.48. The molecule has 272 valence electrons. The summed E-state index contributed by atoms with van der Waals surface area (Å²) in [6, 6.07) is 25.6. The molecule has 4 aromatic rings. The molecule has 0 spiro atoms. The normalized spacial score (nSPS) is 19.8. The number of hydrogen-bond donors (Lipinski definition) is 3. The summed E-state index contributed by atoms with van der Waals surface area (Å²) >= 11 is 0. The lowest BCUT2D eigenvalue weighted by atomic mass is 10.0. The number of sulfonamides is 1. The number of nitrogens with one attached hydrogen (secondary N) is 2. The Hall–Kier alpha value is -4.49. The van der Waals surface area contributed by atoms with Crippen LogP contribution in [0.5, 0.6) is 5.75 Å². The number of carbonyl (C=O) groups is 2. The van der Waals surface area contributed by atoms with Crippen molar-refractivity contribution in [1.29, 1.82) is 0 Å². The third-order valence-corrected chi connectivity index (χ3v) is 11.1. The molecule has 3 amide bonds. The van der Waals surface area contributed by atoms with E-state index in [2.05, 4.69) is 10.6 Å². The number of fused-ring (bicyclic) bond motifs is 2. The van der Waals surface area contributed by atoms with Gasteiger partial charge in [0.2, 0.25) is 10.0 Å². The number of hydrogen-bond acceptors (Lipinski definition) is 7. The van der Waals surface area contributed by atoms with E-state index in [0.717, 1.165) is 23.6 Å². The highest BCUT2D eigenvalue weighted by Gasteiger charge is 2.32. The van der Waals surface area contributed by atoms with Crippen LogP contribution in [-0.2, 0) is 14.8 Å². The van der Waals surface area contributed by atoms with E-state index in [1.807, 2.05) is 56.3 Å². The quantitative estimate of drug-likeness (QED) is 0.187. The summed E-state index contributed by atoms with van der Waals surface area (Å²) < 4.78 is 40.8. The molecular formula is C39H48N4O7S. The Morgan fingerprint density at radius 1 is 0.980 bits per heavy atom. The molecule has 4 atom stereocenters. The summed E-state index contributed by atoms with van der Waals surface area (Å²) in [5, 5.41) is 17.9. The number of aliphatic hydroxyl groups is 1. The average molecular weight is 717 g/mol. The molecule has 1 aliphatic rings. The number of nitrogens with zero attached hydrogens (tertiary/aromatic N) is 2. The molecule has 0 bridgehead atoms. The van der Waals surface area contributed by atoms with Gasteiger partial charge in [0, 0.05) is 43.7 Å². The van der Waals surface area contributed by atoms with Crippen LogP contribution in [-0.4, -0.2) is 86.3 Å². The first-order valence-electron chi connectivity index (χ1n) is 17.4. The second-order valence-corrected chi connectivity index (χ2v) is 15.3. The van der Waals surface area contributed by atoms with Gasteiger partial charge in [-0.2, -0.15) is 4.31 Å². The first-order valence-corrected chi connectivity index (χ1v) is 18.8. The largest absolute Gasteiger partial charge is 0.490 e. The van der Waals surface area contributed by atoms with Gasteiger partial charge in [0.15, 0.2) is 0 Å². The fourth-order valence-corrected chi connectivity index (χ4v) is 7.41. The zero-order valence-electron chi connectivity index (χ0n) is 29.6. The van der Waals surface area contributed by atoms with E-state index in [0.29, 0.717) is 30.2 Å². The number of anilines is 2. The van der Waals surface area contributed by atoms with Crippen molar-refractivity contribution in [2.24, 2.45) is 5.92 Å². The van der Waals surface area contributed by atoms with Crippen LogP contribution < -0.4 is 15.4 Å². The molecule has 0 saturated carbocycles. The van der Waals surface area contributed by atoms with Gasteiger partial charge in [-0.25, -0.2) is 13.2 Å². The lowest BCUT2D eigenvalue weighted by molar-refractivity contribution is -0.00833. The molecule has 0 fully saturated rings. The van der Waals surface area contributed by atoms with Gasteiger partial charge in [0.1, 0.15) is 5.75 Å². The monoisotopic (exact) mass is 716 g/mol. The highest BCUT2D eigenvalue weighted by molar-refractivity contribution is 7.89. The predicted molar refractivity (Wildman–Crippen MR) is 200 cm³/mol. The highest BCUT2D eigenvalue weighted by atomic mass is 32.2. The molecule has 0 saturated heterocycles. The average Bonchev–Trinajstić information content (AvgIpc) is 3.13. The van der Waals surface area contributed by atoms with Crippen LogP contribution >= 0.6 is 0 Å². The molecule has 5 rings (SSSR count). The number of carbonyl (C=O) groups excluding carboxylic acids is 2. The van der Waals surface area contributed by atoms with Crippen LogP contribution in [0.1, 0.15) is 50.4 Å². The van der Waals surface area contributed by atoms with Crippen molar-refractivity contribution in [1.82, 2.24) is 9.21 Å². The van der Waals surface area contributed by atoms with Crippen LogP contribution in [0.15, 0.2) is 95.9 Å². The van der Waals surface area contributed by atoms with E-state index in [9.17, 15) is 23.1 Å². The van der Waals surface area contributed by atoms with Crippen LogP contribution in [0.25, 0.3) is 10.8 Å². The number of likely N-dealkylation sites (N-methyl/N-ethyl adjacent to an activating group) is 1. The lowest BCUT2D eigenvalue weighted by Gasteiger charge is -2.35. The van der Waals surface area contributed by atoms with Gasteiger partial charge in [0.25, 0.3) is 5.91 Å². The molecule has 0 unspecified atom stereocenters. The molecule has 4 aromatic carbocycles. The molecule has 1 heterocycles. The summed E-state index contributed by atoms with van der Waals surface area (Å²) in [6.45, 7) is 5.95.